The molecule has 1 N–H and O–H groups in total. The Morgan fingerprint density at radius 1 is 1.38 bits per heavy atom. The van der Waals surface area contributed by atoms with Crippen molar-refractivity contribution in [3.05, 3.63) is 58.3 Å². The van der Waals surface area contributed by atoms with Crippen molar-refractivity contribution in [2.45, 2.75) is 6.54 Å². The highest BCUT2D eigenvalue weighted by Gasteiger charge is 2.21. The molecule has 0 atom stereocenters. The van der Waals surface area contributed by atoms with E-state index in [1.54, 1.807) is 30.3 Å². The first kappa shape index (κ1) is 15.9. The summed E-state index contributed by atoms with van der Waals surface area (Å²) in [7, 11) is 1.29. The molecular formula is C17H12FN3O2S. The van der Waals surface area contributed by atoms with Gasteiger partial charge in [-0.2, -0.15) is 5.26 Å². The van der Waals surface area contributed by atoms with Crippen molar-refractivity contribution < 1.29 is 13.9 Å². The first-order valence-corrected chi connectivity index (χ1v) is 7.85. The molecule has 0 bridgehead atoms. The van der Waals surface area contributed by atoms with Crippen LogP contribution >= 0.6 is 11.3 Å². The third-order valence-electron chi connectivity index (χ3n) is 3.44. The maximum Gasteiger partial charge on any atom is 0.348 e. The normalized spacial score (nSPS) is 10.4. The van der Waals surface area contributed by atoms with Crippen LogP contribution < -0.4 is 5.32 Å². The number of pyridine rings is 1. The molecule has 0 aliphatic heterocycles. The van der Waals surface area contributed by atoms with Crippen molar-refractivity contribution in [2.75, 3.05) is 12.4 Å². The zero-order valence-electron chi connectivity index (χ0n) is 12.7. The molecule has 120 valence electrons. The van der Waals surface area contributed by atoms with Crippen molar-refractivity contribution in [3.63, 3.8) is 0 Å². The molecule has 0 aliphatic rings. The number of aromatic nitrogens is 1. The molecule has 0 fully saturated rings. The van der Waals surface area contributed by atoms with E-state index in [2.05, 4.69) is 10.3 Å². The number of carbonyl (C=O) groups is 1. The summed E-state index contributed by atoms with van der Waals surface area (Å²) in [6, 6.07) is 11.7. The maximum atomic E-state index is 14.2. The second-order valence-corrected chi connectivity index (χ2v) is 5.94. The predicted molar refractivity (Wildman–Crippen MR) is 89.4 cm³/mol. The van der Waals surface area contributed by atoms with E-state index in [9.17, 15) is 9.18 Å². The van der Waals surface area contributed by atoms with Crippen molar-refractivity contribution >= 4 is 33.2 Å². The van der Waals surface area contributed by atoms with Crippen LogP contribution in [-0.2, 0) is 11.3 Å². The van der Waals surface area contributed by atoms with Crippen LogP contribution in [-0.4, -0.2) is 18.1 Å². The minimum absolute atomic E-state index is 0.188. The fraction of sp³-hybridized carbons (Fsp3) is 0.118. The zero-order chi connectivity index (χ0) is 17.1. The largest absolute Gasteiger partial charge is 0.465 e. The molecule has 0 radical (unpaired) electrons. The molecule has 0 aliphatic carbocycles. The van der Waals surface area contributed by atoms with Gasteiger partial charge in [-0.3, -0.25) is 0 Å². The van der Waals surface area contributed by atoms with Gasteiger partial charge in [0.2, 0.25) is 0 Å². The molecule has 0 saturated carbocycles. The van der Waals surface area contributed by atoms with Gasteiger partial charge in [-0.15, -0.1) is 11.3 Å². The van der Waals surface area contributed by atoms with Crippen LogP contribution in [0.1, 0.15) is 20.9 Å². The lowest BCUT2D eigenvalue weighted by Crippen LogP contribution is -2.07. The molecule has 1 aromatic carbocycles. The predicted octanol–water partition coefficient (Wildman–Crippen LogP) is 3.71. The first-order valence-electron chi connectivity index (χ1n) is 7.03. The lowest BCUT2D eigenvalue weighted by Gasteiger charge is -2.07. The van der Waals surface area contributed by atoms with Gasteiger partial charge in [0.1, 0.15) is 28.3 Å². The number of thiophene rings is 1. The second-order valence-electron chi connectivity index (χ2n) is 4.89. The van der Waals surface area contributed by atoms with Crippen LogP contribution in [0, 0.1) is 17.1 Å². The Hall–Kier alpha value is -2.98. The van der Waals surface area contributed by atoms with Crippen molar-refractivity contribution in [3.8, 4) is 6.07 Å². The SMILES string of the molecule is COC(=O)c1sc2cccc(F)c2c1CNc1cccc(C#N)n1. The van der Waals surface area contributed by atoms with E-state index in [0.29, 0.717) is 26.3 Å². The number of hydrogen-bond donors (Lipinski definition) is 1. The Morgan fingerprint density at radius 3 is 2.92 bits per heavy atom. The van der Waals surface area contributed by atoms with Gasteiger partial charge in [-0.05, 0) is 24.3 Å². The van der Waals surface area contributed by atoms with Crippen molar-refractivity contribution in [1.29, 1.82) is 5.26 Å². The number of hydrogen-bond acceptors (Lipinski definition) is 6. The molecule has 0 amide bonds. The van der Waals surface area contributed by atoms with Crippen LogP contribution in [0.2, 0.25) is 0 Å². The maximum absolute atomic E-state index is 14.2. The molecule has 0 spiro atoms. The highest BCUT2D eigenvalue weighted by Crippen LogP contribution is 2.34. The van der Waals surface area contributed by atoms with Gasteiger partial charge in [0.15, 0.2) is 0 Å². The van der Waals surface area contributed by atoms with E-state index in [1.807, 2.05) is 6.07 Å². The van der Waals surface area contributed by atoms with Gasteiger partial charge in [0.05, 0.1) is 7.11 Å². The van der Waals surface area contributed by atoms with Crippen molar-refractivity contribution in [2.24, 2.45) is 0 Å². The standard InChI is InChI=1S/C17H12FN3O2S/c1-23-17(22)16-11(15-12(18)5-3-6-13(15)24-16)9-20-14-7-2-4-10(8-19)21-14/h2-7H,9H2,1H3,(H,20,21). The number of methoxy groups -OCH3 is 1. The first-order chi connectivity index (χ1) is 11.6. The summed E-state index contributed by atoms with van der Waals surface area (Å²) in [5.41, 5.74) is 0.790. The minimum atomic E-state index is -0.508. The van der Waals surface area contributed by atoms with Gasteiger partial charge in [-0.25, -0.2) is 14.2 Å². The summed E-state index contributed by atoms with van der Waals surface area (Å²) in [5.74, 6) is -0.430. The Balaban J connectivity index is 2.01. The lowest BCUT2D eigenvalue weighted by atomic mass is 10.1. The molecule has 0 saturated heterocycles. The molecule has 5 nitrogen and oxygen atoms in total. The molecule has 7 heteroatoms. The van der Waals surface area contributed by atoms with Crippen LogP contribution in [0.5, 0.6) is 0 Å². The summed E-state index contributed by atoms with van der Waals surface area (Å²) in [6.45, 7) is 0.188. The van der Waals surface area contributed by atoms with Gasteiger partial charge in [0.25, 0.3) is 0 Å². The molecule has 24 heavy (non-hydrogen) atoms. The number of nitrogens with one attached hydrogen (secondary N) is 1. The number of halogens is 1. The van der Waals surface area contributed by atoms with E-state index in [0.717, 1.165) is 0 Å². The topological polar surface area (TPSA) is 75.0 Å². The summed E-state index contributed by atoms with van der Waals surface area (Å²) in [6.07, 6.45) is 0. The molecular weight excluding hydrogens is 329 g/mol. The Bertz CT molecular complexity index is 962. The van der Waals surface area contributed by atoms with E-state index in [-0.39, 0.29) is 12.2 Å². The number of esters is 1. The molecule has 2 heterocycles. The number of benzene rings is 1. The number of rotatable bonds is 4. The highest BCUT2D eigenvalue weighted by molar-refractivity contribution is 7.21. The summed E-state index contributed by atoms with van der Waals surface area (Å²) < 4.78 is 19.7. The fourth-order valence-corrected chi connectivity index (χ4v) is 3.52. The Morgan fingerprint density at radius 2 is 2.17 bits per heavy atom. The van der Waals surface area contributed by atoms with E-state index in [1.165, 1.54) is 24.5 Å². The quantitative estimate of drug-likeness (QED) is 0.732. The number of fused-ring (bicyclic) bond motifs is 1. The second kappa shape index (κ2) is 6.64. The Kier molecular flexibility index (Phi) is 4.40. The molecule has 3 aromatic rings. The van der Waals surface area contributed by atoms with Crippen LogP contribution in [0.3, 0.4) is 0 Å². The third kappa shape index (κ3) is 2.92. The third-order valence-corrected chi connectivity index (χ3v) is 4.62. The minimum Gasteiger partial charge on any atom is -0.465 e. The average Bonchev–Trinajstić information content (AvgIpc) is 2.99. The molecule has 2 aromatic heterocycles. The van der Waals surface area contributed by atoms with Crippen LogP contribution in [0.25, 0.3) is 10.1 Å². The average molecular weight is 341 g/mol. The molecule has 3 rings (SSSR count). The highest BCUT2D eigenvalue weighted by atomic mass is 32.1. The number of ether oxygens (including phenoxy) is 1. The number of nitrogens with zero attached hydrogens (tertiary/aromatic N) is 2. The van der Waals surface area contributed by atoms with Gasteiger partial charge < -0.3 is 10.1 Å². The fourth-order valence-electron chi connectivity index (χ4n) is 2.37. The smallest absolute Gasteiger partial charge is 0.348 e. The van der Waals surface area contributed by atoms with Gasteiger partial charge in [0, 0.05) is 22.2 Å². The van der Waals surface area contributed by atoms with Gasteiger partial charge >= 0.3 is 5.97 Å². The number of nitriles is 1. The van der Waals surface area contributed by atoms with Crippen LogP contribution in [0.15, 0.2) is 36.4 Å². The Labute approximate surface area is 141 Å². The lowest BCUT2D eigenvalue weighted by molar-refractivity contribution is 0.0605. The van der Waals surface area contributed by atoms with E-state index in [4.69, 9.17) is 10.00 Å². The number of anilines is 1. The van der Waals surface area contributed by atoms with Crippen molar-refractivity contribution in [1.82, 2.24) is 4.98 Å². The number of carbonyl (C=O) groups excluding carboxylic acids is 1. The van der Waals surface area contributed by atoms with Gasteiger partial charge in [-0.1, -0.05) is 12.1 Å². The van der Waals surface area contributed by atoms with E-state index >= 15 is 0 Å². The van der Waals surface area contributed by atoms with E-state index < -0.39 is 11.8 Å². The monoisotopic (exact) mass is 341 g/mol. The summed E-state index contributed by atoms with van der Waals surface area (Å²) in [4.78, 5) is 16.5. The molecule has 0 unspecified atom stereocenters. The van der Waals surface area contributed by atoms with Crippen LogP contribution in [0.4, 0.5) is 10.2 Å². The summed E-state index contributed by atoms with van der Waals surface area (Å²) in [5, 5.41) is 12.3. The zero-order valence-corrected chi connectivity index (χ0v) is 13.5. The summed E-state index contributed by atoms with van der Waals surface area (Å²) >= 11 is 1.19.